The first-order valence-corrected chi connectivity index (χ1v) is 10.6. The van der Waals surface area contributed by atoms with Crippen LogP contribution in [0.15, 0.2) is 41.7 Å². The first kappa shape index (κ1) is 23.0. The Morgan fingerprint density at radius 1 is 1.35 bits per heavy atom. The van der Waals surface area contributed by atoms with E-state index in [1.807, 2.05) is 11.5 Å². The Morgan fingerprint density at radius 3 is 2.81 bits per heavy atom. The van der Waals surface area contributed by atoms with Crippen LogP contribution in [0.1, 0.15) is 42.6 Å². The van der Waals surface area contributed by atoms with Crippen molar-refractivity contribution in [2.24, 2.45) is 4.99 Å². The lowest BCUT2D eigenvalue weighted by Gasteiger charge is -2.13. The van der Waals surface area contributed by atoms with Gasteiger partial charge >= 0.3 is 6.18 Å². The van der Waals surface area contributed by atoms with Crippen LogP contribution < -0.4 is 9.54 Å². The summed E-state index contributed by atoms with van der Waals surface area (Å²) >= 11 is 1.26. The third-order valence-corrected chi connectivity index (χ3v) is 5.49. The molecule has 0 bridgehead atoms. The van der Waals surface area contributed by atoms with E-state index in [0.717, 1.165) is 41.3 Å². The molecule has 3 rings (SSSR count). The summed E-state index contributed by atoms with van der Waals surface area (Å²) in [6, 6.07) is 4.44. The largest absolute Gasteiger partial charge is 0.490 e. The molecule has 2 heterocycles. The van der Waals surface area contributed by atoms with Crippen LogP contribution in [0, 0.1) is 0 Å². The van der Waals surface area contributed by atoms with E-state index < -0.39 is 23.8 Å². The third kappa shape index (κ3) is 5.50. The first-order valence-electron chi connectivity index (χ1n) is 9.75. The fourth-order valence-electron chi connectivity index (χ4n) is 2.89. The zero-order valence-corrected chi connectivity index (χ0v) is 17.8. The number of halogens is 3. The Bertz CT molecular complexity index is 1140. The van der Waals surface area contributed by atoms with Crippen LogP contribution >= 0.6 is 11.3 Å². The van der Waals surface area contributed by atoms with Crippen molar-refractivity contribution in [2.45, 2.75) is 45.5 Å². The number of aliphatic hydroxyl groups excluding tert-OH is 1. The molecule has 1 N–H and O–H groups in total. The molecule has 0 spiro atoms. The van der Waals surface area contributed by atoms with Gasteiger partial charge in [-0.05, 0) is 37.6 Å². The normalized spacial score (nSPS) is 13.5. The summed E-state index contributed by atoms with van der Waals surface area (Å²) in [5.41, 5.74) is -0.481. The number of amides is 1. The second-order valence-electron chi connectivity index (χ2n) is 7.02. The standard InChI is InChI=1S/C21H22F3N3O3S/c1-3-4-9-27-16-11-25-8-7-18(16)31-20(27)26-19(29)15-10-14(21(22,23)24)5-6-17(15)30-12-13(2)28/h5-8,10-11,13,28H,3-4,9,12H2,1-2H3/t13-/m0/s1. The van der Waals surface area contributed by atoms with Crippen LogP contribution in [-0.4, -0.2) is 33.3 Å². The molecule has 0 aliphatic carbocycles. The molecule has 10 heteroatoms. The summed E-state index contributed by atoms with van der Waals surface area (Å²) in [4.78, 5) is 21.6. The van der Waals surface area contributed by atoms with Crippen molar-refractivity contribution in [1.82, 2.24) is 9.55 Å². The van der Waals surface area contributed by atoms with Crippen molar-refractivity contribution >= 4 is 27.5 Å². The van der Waals surface area contributed by atoms with E-state index in [9.17, 15) is 23.1 Å². The van der Waals surface area contributed by atoms with Crippen molar-refractivity contribution in [2.75, 3.05) is 6.61 Å². The Balaban J connectivity index is 2.10. The maximum absolute atomic E-state index is 13.2. The first-order chi connectivity index (χ1) is 14.7. The molecule has 1 atom stereocenters. The van der Waals surface area contributed by atoms with Crippen LogP contribution in [-0.2, 0) is 12.7 Å². The number of pyridine rings is 1. The lowest BCUT2D eigenvalue weighted by Crippen LogP contribution is -2.19. The molecule has 2 aromatic heterocycles. The van der Waals surface area contributed by atoms with Crippen LogP contribution in [0.4, 0.5) is 13.2 Å². The minimum atomic E-state index is -4.62. The second-order valence-corrected chi connectivity index (χ2v) is 8.03. The average Bonchev–Trinajstić information content (AvgIpc) is 3.06. The number of carbonyl (C=O) groups is 1. The Labute approximate surface area is 180 Å². The molecule has 0 fully saturated rings. The lowest BCUT2D eigenvalue weighted by molar-refractivity contribution is -0.137. The number of benzene rings is 1. The molecule has 1 amide bonds. The van der Waals surface area contributed by atoms with E-state index >= 15 is 0 Å². The number of ether oxygens (including phenoxy) is 1. The zero-order chi connectivity index (χ0) is 22.6. The monoisotopic (exact) mass is 453 g/mol. The number of aryl methyl sites for hydroxylation is 1. The summed E-state index contributed by atoms with van der Waals surface area (Å²) in [6.45, 7) is 3.93. The van der Waals surface area contributed by atoms with Gasteiger partial charge in [0.2, 0.25) is 0 Å². The van der Waals surface area contributed by atoms with Gasteiger partial charge in [-0.2, -0.15) is 18.2 Å². The van der Waals surface area contributed by atoms with E-state index in [1.54, 1.807) is 18.5 Å². The Hall–Kier alpha value is -2.72. The highest BCUT2D eigenvalue weighted by Gasteiger charge is 2.32. The van der Waals surface area contributed by atoms with Crippen molar-refractivity contribution in [3.8, 4) is 5.75 Å². The maximum atomic E-state index is 13.2. The van der Waals surface area contributed by atoms with E-state index in [0.29, 0.717) is 11.3 Å². The highest BCUT2D eigenvalue weighted by molar-refractivity contribution is 7.16. The van der Waals surface area contributed by atoms with Gasteiger partial charge in [-0.1, -0.05) is 24.7 Å². The van der Waals surface area contributed by atoms with Crippen LogP contribution in [0.2, 0.25) is 0 Å². The van der Waals surface area contributed by atoms with Gasteiger partial charge < -0.3 is 14.4 Å². The van der Waals surface area contributed by atoms with Gasteiger partial charge in [0.05, 0.1) is 33.6 Å². The lowest BCUT2D eigenvalue weighted by atomic mass is 10.1. The van der Waals surface area contributed by atoms with Crippen molar-refractivity contribution in [3.63, 3.8) is 0 Å². The molecule has 166 valence electrons. The molecule has 0 saturated carbocycles. The minimum absolute atomic E-state index is 0.0643. The van der Waals surface area contributed by atoms with Crippen LogP contribution in [0.25, 0.3) is 10.2 Å². The molecule has 1 aromatic carbocycles. The summed E-state index contributed by atoms with van der Waals surface area (Å²) in [6.07, 6.45) is -0.413. The molecule has 0 unspecified atom stereocenters. The molecule has 31 heavy (non-hydrogen) atoms. The molecule has 0 aliphatic heterocycles. The number of rotatable bonds is 7. The fourth-order valence-corrected chi connectivity index (χ4v) is 3.91. The summed E-state index contributed by atoms with van der Waals surface area (Å²) < 4.78 is 47.7. The van der Waals surface area contributed by atoms with Gasteiger partial charge in [-0.15, -0.1) is 0 Å². The van der Waals surface area contributed by atoms with Crippen molar-refractivity contribution in [3.05, 3.63) is 52.6 Å². The highest BCUT2D eigenvalue weighted by atomic mass is 32.1. The number of unbranched alkanes of at least 4 members (excludes halogenated alkanes) is 1. The SMILES string of the molecule is CCCCn1c(=NC(=O)c2cc(C(F)(F)F)ccc2OC[C@H](C)O)sc2ccncc21. The number of thiazole rings is 1. The minimum Gasteiger partial charge on any atom is -0.490 e. The Morgan fingerprint density at radius 2 is 2.13 bits per heavy atom. The third-order valence-electron chi connectivity index (χ3n) is 4.43. The number of hydrogen-bond acceptors (Lipinski definition) is 5. The predicted octanol–water partition coefficient (Wildman–Crippen LogP) is 4.42. The molecule has 0 aliphatic rings. The number of carbonyl (C=O) groups excluding carboxylic acids is 1. The second kappa shape index (κ2) is 9.61. The van der Waals surface area contributed by atoms with Gasteiger partial charge in [-0.3, -0.25) is 9.78 Å². The number of aliphatic hydroxyl groups is 1. The molecule has 0 saturated heterocycles. The summed E-state index contributed by atoms with van der Waals surface area (Å²) in [5, 5.41) is 9.44. The Kier molecular flexibility index (Phi) is 7.11. The van der Waals surface area contributed by atoms with Crippen molar-refractivity contribution < 1.29 is 27.8 Å². The highest BCUT2D eigenvalue weighted by Crippen LogP contribution is 2.33. The molecule has 0 radical (unpaired) electrons. The van der Waals surface area contributed by atoms with E-state index in [4.69, 9.17) is 4.74 Å². The fraction of sp³-hybridized carbons (Fsp3) is 0.381. The number of nitrogens with zero attached hydrogens (tertiary/aromatic N) is 3. The number of aromatic nitrogens is 2. The summed E-state index contributed by atoms with van der Waals surface area (Å²) in [7, 11) is 0. The van der Waals surface area contributed by atoms with Gasteiger partial charge in [0, 0.05) is 12.7 Å². The molecular formula is C21H22F3N3O3S. The number of hydrogen-bond donors (Lipinski definition) is 1. The van der Waals surface area contributed by atoms with Crippen LogP contribution in [0.5, 0.6) is 5.75 Å². The van der Waals surface area contributed by atoms with Crippen molar-refractivity contribution in [1.29, 1.82) is 0 Å². The topological polar surface area (TPSA) is 76.7 Å². The number of alkyl halides is 3. The van der Waals surface area contributed by atoms with Gasteiger partial charge in [0.25, 0.3) is 5.91 Å². The van der Waals surface area contributed by atoms with Gasteiger partial charge in [-0.25, -0.2) is 0 Å². The van der Waals surface area contributed by atoms with Gasteiger partial charge in [0.1, 0.15) is 12.4 Å². The van der Waals surface area contributed by atoms with Crippen LogP contribution in [0.3, 0.4) is 0 Å². The average molecular weight is 453 g/mol. The zero-order valence-electron chi connectivity index (χ0n) is 17.0. The number of fused-ring (bicyclic) bond motifs is 1. The molecular weight excluding hydrogens is 431 g/mol. The molecule has 6 nitrogen and oxygen atoms in total. The van der Waals surface area contributed by atoms with E-state index in [1.165, 1.54) is 18.3 Å². The van der Waals surface area contributed by atoms with E-state index in [-0.39, 0.29) is 17.9 Å². The quantitative estimate of drug-likeness (QED) is 0.575. The van der Waals surface area contributed by atoms with Gasteiger partial charge in [0.15, 0.2) is 4.80 Å². The maximum Gasteiger partial charge on any atom is 0.416 e. The summed E-state index contributed by atoms with van der Waals surface area (Å²) in [5.74, 6) is -0.915. The smallest absolute Gasteiger partial charge is 0.416 e. The molecule has 3 aromatic rings. The van der Waals surface area contributed by atoms with E-state index in [2.05, 4.69) is 9.98 Å². The predicted molar refractivity (Wildman–Crippen MR) is 111 cm³/mol.